The summed E-state index contributed by atoms with van der Waals surface area (Å²) in [5.74, 6) is -0.705. The highest BCUT2D eigenvalue weighted by molar-refractivity contribution is 9.10. The van der Waals surface area contributed by atoms with E-state index in [4.69, 9.17) is 0 Å². The average molecular weight is 412 g/mol. The van der Waals surface area contributed by atoms with Gasteiger partial charge < -0.3 is 0 Å². The Hall–Kier alpha value is -1.57. The minimum atomic E-state index is -3.74. The van der Waals surface area contributed by atoms with Crippen LogP contribution in [0.25, 0.3) is 0 Å². The minimum absolute atomic E-state index is 0.0263. The molecule has 0 atom stereocenters. The molecule has 0 bridgehead atoms. The van der Waals surface area contributed by atoms with E-state index in [1.807, 2.05) is 6.92 Å². The maximum atomic E-state index is 13.8. The molecule has 4 nitrogen and oxygen atoms in total. The first-order chi connectivity index (χ1) is 11.3. The molecule has 0 fully saturated rings. The Kier molecular flexibility index (Phi) is 4.59. The van der Waals surface area contributed by atoms with Crippen LogP contribution in [0.4, 0.5) is 4.39 Å². The van der Waals surface area contributed by atoms with Crippen molar-refractivity contribution < 1.29 is 17.6 Å². The predicted molar refractivity (Wildman–Crippen MR) is 91.8 cm³/mol. The predicted octanol–water partition coefficient (Wildman–Crippen LogP) is 3.67. The van der Waals surface area contributed by atoms with E-state index in [1.54, 1.807) is 24.3 Å². The van der Waals surface area contributed by atoms with E-state index >= 15 is 0 Å². The Labute approximate surface area is 148 Å². The summed E-state index contributed by atoms with van der Waals surface area (Å²) < 4.78 is 40.9. The zero-order chi connectivity index (χ0) is 17.5. The van der Waals surface area contributed by atoms with Gasteiger partial charge in [0.2, 0.25) is 10.0 Å². The number of sulfonamides is 1. The molecular weight excluding hydrogens is 397 g/mol. The van der Waals surface area contributed by atoms with Crippen LogP contribution in [-0.4, -0.2) is 25.1 Å². The number of benzene rings is 2. The number of ketones is 1. The number of carbonyl (C=O) groups is 1. The van der Waals surface area contributed by atoms with Crippen LogP contribution in [0.5, 0.6) is 0 Å². The molecule has 1 heterocycles. The first-order valence-corrected chi connectivity index (χ1v) is 9.60. The molecule has 0 aromatic heterocycles. The second kappa shape index (κ2) is 6.38. The molecule has 0 saturated carbocycles. The van der Waals surface area contributed by atoms with Crippen LogP contribution in [-0.2, 0) is 16.6 Å². The number of hydrogen-bond donors (Lipinski definition) is 0. The molecule has 0 saturated heterocycles. The van der Waals surface area contributed by atoms with Gasteiger partial charge in [0.25, 0.3) is 0 Å². The number of carbonyl (C=O) groups excluding carboxylic acids is 1. The number of rotatable bonds is 2. The van der Waals surface area contributed by atoms with E-state index < -0.39 is 15.8 Å². The van der Waals surface area contributed by atoms with Gasteiger partial charge in [-0.3, -0.25) is 4.79 Å². The highest BCUT2D eigenvalue weighted by Gasteiger charge is 2.30. The Morgan fingerprint density at radius 3 is 2.50 bits per heavy atom. The van der Waals surface area contributed by atoms with Gasteiger partial charge in [0.1, 0.15) is 5.82 Å². The summed E-state index contributed by atoms with van der Waals surface area (Å²) in [5, 5.41) is 0. The van der Waals surface area contributed by atoms with Gasteiger partial charge in [-0.15, -0.1) is 0 Å². The molecule has 0 unspecified atom stereocenters. The van der Waals surface area contributed by atoms with Gasteiger partial charge >= 0.3 is 0 Å². The monoisotopic (exact) mass is 411 g/mol. The molecule has 1 aliphatic heterocycles. The largest absolute Gasteiger partial charge is 0.294 e. The van der Waals surface area contributed by atoms with Gasteiger partial charge in [-0.05, 0) is 52.7 Å². The average Bonchev–Trinajstić information content (AvgIpc) is 2.69. The molecule has 1 aliphatic rings. The summed E-state index contributed by atoms with van der Waals surface area (Å²) in [6.45, 7) is 1.92. The van der Waals surface area contributed by atoms with Crippen molar-refractivity contribution >= 4 is 31.7 Å². The summed E-state index contributed by atoms with van der Waals surface area (Å²) in [6, 6.07) is 9.18. The molecule has 2 aromatic rings. The van der Waals surface area contributed by atoms with Gasteiger partial charge in [-0.25, -0.2) is 12.8 Å². The molecule has 0 spiro atoms. The van der Waals surface area contributed by atoms with Crippen LogP contribution in [0.3, 0.4) is 0 Å². The lowest BCUT2D eigenvalue weighted by Gasteiger charge is -2.20. The third-order valence-electron chi connectivity index (χ3n) is 4.04. The Morgan fingerprint density at radius 1 is 1.17 bits per heavy atom. The van der Waals surface area contributed by atoms with Crippen molar-refractivity contribution in [2.75, 3.05) is 6.54 Å². The van der Waals surface area contributed by atoms with Crippen LogP contribution in [0.15, 0.2) is 45.8 Å². The highest BCUT2D eigenvalue weighted by atomic mass is 79.9. The molecule has 0 amide bonds. The lowest BCUT2D eigenvalue weighted by atomic mass is 10.0. The van der Waals surface area contributed by atoms with Crippen LogP contribution in [0, 0.1) is 12.7 Å². The lowest BCUT2D eigenvalue weighted by molar-refractivity contribution is 0.0981. The van der Waals surface area contributed by atoms with E-state index in [0.717, 1.165) is 5.56 Å². The fourth-order valence-electron chi connectivity index (χ4n) is 2.67. The summed E-state index contributed by atoms with van der Waals surface area (Å²) in [5.41, 5.74) is 1.70. The molecular formula is C17H15BrFNO3S. The Morgan fingerprint density at radius 2 is 1.83 bits per heavy atom. The molecule has 7 heteroatoms. The Balaban J connectivity index is 2.02. The second-order valence-electron chi connectivity index (χ2n) is 5.75. The number of nitrogens with zero attached hydrogens (tertiary/aromatic N) is 1. The van der Waals surface area contributed by atoms with E-state index in [1.165, 1.54) is 16.4 Å². The zero-order valence-corrected chi connectivity index (χ0v) is 15.3. The van der Waals surface area contributed by atoms with Crippen LogP contribution in [0.1, 0.15) is 27.9 Å². The fraction of sp³-hybridized carbons (Fsp3) is 0.235. The standard InChI is InChI=1S/C17H15BrFNO3S/c1-11-2-4-13(5-3-11)24(22,23)20-7-6-17(21)14-9-15(18)16(19)8-12(14)10-20/h2-5,8-9H,6-7,10H2,1H3. The molecule has 0 N–H and O–H groups in total. The molecule has 0 aliphatic carbocycles. The van der Waals surface area contributed by atoms with Crippen molar-refractivity contribution in [2.24, 2.45) is 0 Å². The number of halogens is 2. The smallest absolute Gasteiger partial charge is 0.243 e. The second-order valence-corrected chi connectivity index (χ2v) is 8.54. The molecule has 3 rings (SSSR count). The third-order valence-corrected chi connectivity index (χ3v) is 6.51. The van der Waals surface area contributed by atoms with E-state index in [9.17, 15) is 17.6 Å². The quantitative estimate of drug-likeness (QED) is 0.757. The summed E-state index contributed by atoms with van der Waals surface area (Å²) in [6.07, 6.45) is 0.0656. The first-order valence-electron chi connectivity index (χ1n) is 7.37. The van der Waals surface area contributed by atoms with E-state index in [0.29, 0.717) is 11.1 Å². The Bertz CT molecular complexity index is 910. The normalized spacial score (nSPS) is 15.9. The minimum Gasteiger partial charge on any atom is -0.294 e. The van der Waals surface area contributed by atoms with Crippen LogP contribution >= 0.6 is 15.9 Å². The maximum Gasteiger partial charge on any atom is 0.243 e. The zero-order valence-electron chi connectivity index (χ0n) is 12.9. The van der Waals surface area contributed by atoms with Crippen LogP contribution < -0.4 is 0 Å². The third kappa shape index (κ3) is 3.16. The molecule has 0 radical (unpaired) electrons. The lowest BCUT2D eigenvalue weighted by Crippen LogP contribution is -2.31. The van der Waals surface area contributed by atoms with Crippen molar-refractivity contribution in [1.29, 1.82) is 0 Å². The van der Waals surface area contributed by atoms with Gasteiger partial charge in [0.05, 0.1) is 9.37 Å². The number of Topliss-reactive ketones (excluding diaryl/α,β-unsaturated/α-hetero) is 1. The number of fused-ring (bicyclic) bond motifs is 1. The summed E-state index contributed by atoms with van der Waals surface area (Å²) in [7, 11) is -3.74. The highest BCUT2D eigenvalue weighted by Crippen LogP contribution is 2.28. The van der Waals surface area contributed by atoms with Crippen molar-refractivity contribution in [2.45, 2.75) is 24.8 Å². The van der Waals surface area contributed by atoms with Crippen LogP contribution in [0.2, 0.25) is 0 Å². The number of aryl methyl sites for hydroxylation is 1. The van der Waals surface area contributed by atoms with Gasteiger partial charge in [-0.2, -0.15) is 4.31 Å². The van der Waals surface area contributed by atoms with Crippen molar-refractivity contribution in [3.8, 4) is 0 Å². The summed E-state index contributed by atoms with van der Waals surface area (Å²) >= 11 is 3.07. The topological polar surface area (TPSA) is 54.5 Å². The molecule has 24 heavy (non-hydrogen) atoms. The SMILES string of the molecule is Cc1ccc(S(=O)(=O)N2CCC(=O)c3cc(Br)c(F)cc3C2)cc1. The van der Waals surface area contributed by atoms with Gasteiger partial charge in [0, 0.05) is 25.1 Å². The van der Waals surface area contributed by atoms with E-state index in [-0.39, 0.29) is 34.7 Å². The molecule has 126 valence electrons. The van der Waals surface area contributed by atoms with E-state index in [2.05, 4.69) is 15.9 Å². The number of hydrogen-bond acceptors (Lipinski definition) is 3. The summed E-state index contributed by atoms with van der Waals surface area (Å²) in [4.78, 5) is 12.4. The first kappa shape index (κ1) is 17.3. The maximum absolute atomic E-state index is 13.8. The van der Waals surface area contributed by atoms with Crippen molar-refractivity contribution in [3.63, 3.8) is 0 Å². The van der Waals surface area contributed by atoms with Gasteiger partial charge in [-0.1, -0.05) is 17.7 Å². The van der Waals surface area contributed by atoms with Crippen molar-refractivity contribution in [3.05, 3.63) is 63.4 Å². The molecule has 2 aromatic carbocycles. The fourth-order valence-corrected chi connectivity index (χ4v) is 4.44. The van der Waals surface area contributed by atoms with Crippen molar-refractivity contribution in [1.82, 2.24) is 4.31 Å². The van der Waals surface area contributed by atoms with Gasteiger partial charge in [0.15, 0.2) is 5.78 Å².